The topological polar surface area (TPSA) is 21.3 Å². The molecule has 0 saturated carbocycles. The van der Waals surface area contributed by atoms with E-state index in [0.29, 0.717) is 0 Å². The summed E-state index contributed by atoms with van der Waals surface area (Å²) < 4.78 is 5.38. The van der Waals surface area contributed by atoms with Gasteiger partial charge in [-0.1, -0.05) is 25.1 Å². The predicted molar refractivity (Wildman–Crippen MR) is 76.8 cm³/mol. The Morgan fingerprint density at radius 3 is 2.61 bits per heavy atom. The molecule has 2 nitrogen and oxygen atoms in total. The van der Waals surface area contributed by atoms with Gasteiger partial charge in [-0.2, -0.15) is 0 Å². The lowest BCUT2D eigenvalue weighted by molar-refractivity contribution is 0.416. The smallest absolute Gasteiger partial charge is 0.142 e. The van der Waals surface area contributed by atoms with Crippen LogP contribution >= 0.6 is 0 Å². The van der Waals surface area contributed by atoms with E-state index in [9.17, 15) is 0 Å². The van der Waals surface area contributed by atoms with Crippen molar-refractivity contribution in [1.29, 1.82) is 0 Å². The highest BCUT2D eigenvalue weighted by molar-refractivity contribution is 5.67. The van der Waals surface area contributed by atoms with Gasteiger partial charge < -0.3 is 10.1 Å². The van der Waals surface area contributed by atoms with E-state index in [1.165, 1.54) is 11.1 Å². The number of aryl methyl sites for hydroxylation is 2. The molecule has 0 radical (unpaired) electrons. The van der Waals surface area contributed by atoms with Crippen molar-refractivity contribution >= 4 is 11.4 Å². The quantitative estimate of drug-likeness (QED) is 0.861. The minimum atomic E-state index is 0.869. The van der Waals surface area contributed by atoms with Gasteiger partial charge in [0.1, 0.15) is 5.75 Å². The van der Waals surface area contributed by atoms with Crippen molar-refractivity contribution in [1.82, 2.24) is 0 Å². The van der Waals surface area contributed by atoms with Crippen LogP contribution < -0.4 is 10.1 Å². The van der Waals surface area contributed by atoms with Crippen LogP contribution in [0.25, 0.3) is 0 Å². The van der Waals surface area contributed by atoms with Crippen LogP contribution in [0, 0.1) is 6.92 Å². The van der Waals surface area contributed by atoms with Crippen molar-refractivity contribution in [3.63, 3.8) is 0 Å². The molecule has 0 amide bonds. The lowest BCUT2D eigenvalue weighted by Crippen LogP contribution is -1.96. The maximum Gasteiger partial charge on any atom is 0.142 e. The van der Waals surface area contributed by atoms with E-state index >= 15 is 0 Å². The Kier molecular flexibility index (Phi) is 3.88. The van der Waals surface area contributed by atoms with Gasteiger partial charge in [0.05, 0.1) is 12.8 Å². The number of nitrogens with one attached hydrogen (secondary N) is 1. The van der Waals surface area contributed by atoms with Gasteiger partial charge in [-0.25, -0.2) is 0 Å². The van der Waals surface area contributed by atoms with Gasteiger partial charge in [-0.3, -0.25) is 0 Å². The first-order valence-electron chi connectivity index (χ1n) is 6.23. The molecule has 2 heteroatoms. The molecule has 0 saturated heterocycles. The molecule has 0 aliphatic rings. The highest BCUT2D eigenvalue weighted by Crippen LogP contribution is 2.29. The summed E-state index contributed by atoms with van der Waals surface area (Å²) in [4.78, 5) is 0. The number of anilines is 2. The van der Waals surface area contributed by atoms with Crippen LogP contribution in [0.2, 0.25) is 0 Å². The van der Waals surface area contributed by atoms with Gasteiger partial charge in [0.2, 0.25) is 0 Å². The highest BCUT2D eigenvalue weighted by atomic mass is 16.5. The van der Waals surface area contributed by atoms with Gasteiger partial charge in [-0.15, -0.1) is 0 Å². The van der Waals surface area contributed by atoms with Crippen molar-refractivity contribution in [2.45, 2.75) is 20.3 Å². The van der Waals surface area contributed by atoms with E-state index in [1.54, 1.807) is 7.11 Å². The third-order valence-electron chi connectivity index (χ3n) is 2.97. The van der Waals surface area contributed by atoms with Crippen LogP contribution in [0.5, 0.6) is 5.75 Å². The maximum absolute atomic E-state index is 5.38. The second-order valence-electron chi connectivity index (χ2n) is 4.38. The third-order valence-corrected chi connectivity index (χ3v) is 2.97. The Labute approximate surface area is 109 Å². The standard InChI is InChI=1S/C16H19NO/c1-4-13-8-9-16(18-3)15(11-13)17-14-7-5-6-12(2)10-14/h5-11,17H,4H2,1-3H3. The van der Waals surface area contributed by atoms with Crippen molar-refractivity contribution in [2.24, 2.45) is 0 Å². The lowest BCUT2D eigenvalue weighted by atomic mass is 10.1. The average molecular weight is 241 g/mol. The molecule has 0 aliphatic carbocycles. The minimum absolute atomic E-state index is 0.869. The van der Waals surface area contributed by atoms with Crippen molar-refractivity contribution in [2.75, 3.05) is 12.4 Å². The summed E-state index contributed by atoms with van der Waals surface area (Å²) in [5.41, 5.74) is 4.64. The fraction of sp³-hybridized carbons (Fsp3) is 0.250. The molecule has 2 aromatic carbocycles. The summed E-state index contributed by atoms with van der Waals surface area (Å²) in [6.45, 7) is 4.24. The number of hydrogen-bond acceptors (Lipinski definition) is 2. The van der Waals surface area contributed by atoms with Crippen molar-refractivity contribution in [3.05, 3.63) is 53.6 Å². The predicted octanol–water partition coefficient (Wildman–Crippen LogP) is 4.31. The fourth-order valence-electron chi connectivity index (χ4n) is 1.95. The number of ether oxygens (including phenoxy) is 1. The number of rotatable bonds is 4. The Bertz CT molecular complexity index is 534. The van der Waals surface area contributed by atoms with Crippen LogP contribution in [0.4, 0.5) is 11.4 Å². The maximum atomic E-state index is 5.38. The van der Waals surface area contributed by atoms with Gasteiger partial charge >= 0.3 is 0 Å². The van der Waals surface area contributed by atoms with Gasteiger partial charge in [0, 0.05) is 5.69 Å². The molecule has 18 heavy (non-hydrogen) atoms. The largest absolute Gasteiger partial charge is 0.495 e. The van der Waals surface area contributed by atoms with E-state index in [1.807, 2.05) is 12.1 Å². The van der Waals surface area contributed by atoms with E-state index in [2.05, 4.69) is 49.5 Å². The van der Waals surface area contributed by atoms with Crippen LogP contribution in [-0.2, 0) is 6.42 Å². The SMILES string of the molecule is CCc1ccc(OC)c(Nc2cccc(C)c2)c1. The van der Waals surface area contributed by atoms with E-state index in [4.69, 9.17) is 4.74 Å². The van der Waals surface area contributed by atoms with Gasteiger partial charge in [0.15, 0.2) is 0 Å². The number of hydrogen-bond donors (Lipinski definition) is 1. The summed E-state index contributed by atoms with van der Waals surface area (Å²) in [5.74, 6) is 0.869. The van der Waals surface area contributed by atoms with Crippen LogP contribution in [-0.4, -0.2) is 7.11 Å². The zero-order valence-electron chi connectivity index (χ0n) is 11.2. The molecule has 0 spiro atoms. The van der Waals surface area contributed by atoms with Crippen LogP contribution in [0.15, 0.2) is 42.5 Å². The fourth-order valence-corrected chi connectivity index (χ4v) is 1.95. The lowest BCUT2D eigenvalue weighted by Gasteiger charge is -2.13. The Balaban J connectivity index is 2.32. The summed E-state index contributed by atoms with van der Waals surface area (Å²) in [5, 5.41) is 3.41. The average Bonchev–Trinajstić information content (AvgIpc) is 2.38. The van der Waals surface area contributed by atoms with E-state index in [-0.39, 0.29) is 0 Å². The zero-order valence-corrected chi connectivity index (χ0v) is 11.2. The molecule has 0 unspecified atom stereocenters. The summed E-state index contributed by atoms with van der Waals surface area (Å²) in [6.07, 6.45) is 1.02. The van der Waals surface area contributed by atoms with E-state index < -0.39 is 0 Å². The molecule has 2 aromatic rings. The molecule has 0 atom stereocenters. The molecule has 0 aromatic heterocycles. The monoisotopic (exact) mass is 241 g/mol. The molecule has 2 rings (SSSR count). The Morgan fingerprint density at radius 2 is 1.94 bits per heavy atom. The molecular formula is C16H19NO. The molecule has 0 heterocycles. The normalized spacial score (nSPS) is 10.2. The summed E-state index contributed by atoms with van der Waals surface area (Å²) >= 11 is 0. The molecule has 0 fully saturated rings. The molecule has 0 aliphatic heterocycles. The van der Waals surface area contributed by atoms with Crippen LogP contribution in [0.1, 0.15) is 18.1 Å². The second-order valence-corrected chi connectivity index (χ2v) is 4.38. The van der Waals surface area contributed by atoms with Crippen LogP contribution in [0.3, 0.4) is 0 Å². The molecule has 94 valence electrons. The second kappa shape index (κ2) is 5.58. The summed E-state index contributed by atoms with van der Waals surface area (Å²) in [7, 11) is 1.70. The molecule has 1 N–H and O–H groups in total. The van der Waals surface area contributed by atoms with Crippen molar-refractivity contribution in [3.8, 4) is 5.75 Å². The molecule has 0 bridgehead atoms. The Hall–Kier alpha value is -1.96. The number of methoxy groups -OCH3 is 1. The zero-order chi connectivity index (χ0) is 13.0. The first-order chi connectivity index (χ1) is 8.72. The number of benzene rings is 2. The molecular weight excluding hydrogens is 222 g/mol. The van der Waals surface area contributed by atoms with E-state index in [0.717, 1.165) is 23.5 Å². The van der Waals surface area contributed by atoms with Crippen molar-refractivity contribution < 1.29 is 4.74 Å². The Morgan fingerprint density at radius 1 is 1.11 bits per heavy atom. The summed E-state index contributed by atoms with van der Waals surface area (Å²) in [6, 6.07) is 14.6. The third kappa shape index (κ3) is 2.83. The minimum Gasteiger partial charge on any atom is -0.495 e. The first-order valence-corrected chi connectivity index (χ1v) is 6.23. The van der Waals surface area contributed by atoms with Gasteiger partial charge in [-0.05, 0) is 48.7 Å². The van der Waals surface area contributed by atoms with Gasteiger partial charge in [0.25, 0.3) is 0 Å². The highest BCUT2D eigenvalue weighted by Gasteiger charge is 2.04. The first kappa shape index (κ1) is 12.5.